The second-order valence-corrected chi connectivity index (χ2v) is 29.9. The Hall–Kier alpha value is -1.94. The van der Waals surface area contributed by atoms with Crippen LogP contribution in [0.4, 0.5) is 0 Å². The van der Waals surface area contributed by atoms with Crippen LogP contribution in [0.25, 0.3) is 0 Å². The number of hydrogen-bond acceptors (Lipinski definition) is 15. The lowest BCUT2D eigenvalue weighted by Gasteiger charge is -2.21. The van der Waals surface area contributed by atoms with Crippen LogP contribution in [-0.2, 0) is 65.4 Å². The molecule has 0 heterocycles. The molecule has 17 nitrogen and oxygen atoms in total. The molecule has 19 heteroatoms. The van der Waals surface area contributed by atoms with E-state index in [9.17, 15) is 43.2 Å². The van der Waals surface area contributed by atoms with Crippen molar-refractivity contribution in [3.05, 3.63) is 0 Å². The first-order valence-corrected chi connectivity index (χ1v) is 42.3. The summed E-state index contributed by atoms with van der Waals surface area (Å²) in [4.78, 5) is 72.6. The fourth-order valence-electron chi connectivity index (χ4n) is 11.6. The molecule has 94 heavy (non-hydrogen) atoms. The molecule has 0 saturated heterocycles. The maximum Gasteiger partial charge on any atom is 0.472 e. The summed E-state index contributed by atoms with van der Waals surface area (Å²) in [6.45, 7) is 4.95. The van der Waals surface area contributed by atoms with E-state index in [0.29, 0.717) is 25.7 Å². The van der Waals surface area contributed by atoms with E-state index < -0.39 is 97.5 Å². The molecule has 2 unspecified atom stereocenters. The van der Waals surface area contributed by atoms with Crippen molar-refractivity contribution in [1.82, 2.24) is 0 Å². The van der Waals surface area contributed by atoms with Crippen molar-refractivity contribution in [3.63, 3.8) is 0 Å². The highest BCUT2D eigenvalue weighted by molar-refractivity contribution is 7.47. The van der Waals surface area contributed by atoms with Crippen LogP contribution in [0.5, 0.6) is 0 Å². The minimum Gasteiger partial charge on any atom is -0.462 e. The number of carbonyl (C=O) groups excluding carboxylic acids is 4. The molecule has 0 amide bonds. The number of esters is 4. The van der Waals surface area contributed by atoms with Gasteiger partial charge in [0, 0.05) is 25.7 Å². The second kappa shape index (κ2) is 69.5. The number of ether oxygens (including phenoxy) is 4. The number of phosphoric acid groups is 2. The zero-order valence-corrected chi connectivity index (χ0v) is 62.7. The molecule has 0 fully saturated rings. The van der Waals surface area contributed by atoms with Gasteiger partial charge in [-0.25, -0.2) is 9.13 Å². The van der Waals surface area contributed by atoms with Crippen molar-refractivity contribution in [2.75, 3.05) is 39.6 Å². The predicted molar refractivity (Wildman–Crippen MR) is 382 cm³/mol. The van der Waals surface area contributed by atoms with E-state index in [0.717, 1.165) is 103 Å². The van der Waals surface area contributed by atoms with Gasteiger partial charge in [-0.15, -0.1) is 0 Å². The minimum atomic E-state index is -4.95. The van der Waals surface area contributed by atoms with E-state index in [1.807, 2.05) is 0 Å². The van der Waals surface area contributed by atoms with Crippen LogP contribution in [0, 0.1) is 0 Å². The van der Waals surface area contributed by atoms with Gasteiger partial charge in [0.05, 0.1) is 26.4 Å². The number of hydrogen-bond donors (Lipinski definition) is 3. The van der Waals surface area contributed by atoms with E-state index in [1.165, 1.54) is 218 Å². The van der Waals surface area contributed by atoms with Crippen LogP contribution < -0.4 is 0 Å². The standard InChI is InChI=1S/C75H146O17P2/c1-5-9-13-17-21-24-27-30-32-33-34-35-36-37-40-43-46-50-54-58-62-75(80)92-71(66-86-73(78)60-56-52-48-44-41-39-31-28-25-22-18-14-10-6-2)68-90-94(83,84)88-64-69(76)63-87-93(81,82)89-67-70(65-85-72(77)59-55-51-47-20-16-12-8-4)91-74(79)61-57-53-49-45-42-38-29-26-23-19-15-11-7-3/h69-71,76H,5-68H2,1-4H3,(H,81,82)(H,83,84)/t69-,70+,71+/m0/s1. The van der Waals surface area contributed by atoms with Crippen molar-refractivity contribution in [1.29, 1.82) is 0 Å². The van der Waals surface area contributed by atoms with Gasteiger partial charge in [0.15, 0.2) is 12.2 Å². The summed E-state index contributed by atoms with van der Waals surface area (Å²) < 4.78 is 68.4. The summed E-state index contributed by atoms with van der Waals surface area (Å²) >= 11 is 0. The Morgan fingerprint density at radius 1 is 0.255 bits per heavy atom. The highest BCUT2D eigenvalue weighted by Gasteiger charge is 2.30. The van der Waals surface area contributed by atoms with E-state index >= 15 is 0 Å². The zero-order chi connectivity index (χ0) is 69.0. The van der Waals surface area contributed by atoms with Gasteiger partial charge in [0.2, 0.25) is 0 Å². The van der Waals surface area contributed by atoms with Crippen molar-refractivity contribution in [2.24, 2.45) is 0 Å². The molecule has 0 aromatic carbocycles. The van der Waals surface area contributed by atoms with Crippen LogP contribution in [0.2, 0.25) is 0 Å². The fraction of sp³-hybridized carbons (Fsp3) is 0.947. The number of carbonyl (C=O) groups is 4. The Kier molecular flexibility index (Phi) is 68.1. The zero-order valence-electron chi connectivity index (χ0n) is 60.9. The lowest BCUT2D eigenvalue weighted by Crippen LogP contribution is -2.30. The Labute approximate surface area is 575 Å². The van der Waals surface area contributed by atoms with Gasteiger partial charge in [0.25, 0.3) is 0 Å². The van der Waals surface area contributed by atoms with E-state index in [-0.39, 0.29) is 25.7 Å². The molecule has 5 atom stereocenters. The quantitative estimate of drug-likeness (QED) is 0.0222. The van der Waals surface area contributed by atoms with Crippen molar-refractivity contribution < 1.29 is 80.2 Å². The Morgan fingerprint density at radius 2 is 0.426 bits per heavy atom. The summed E-state index contributed by atoms with van der Waals surface area (Å²) in [6, 6.07) is 0. The molecule has 0 aliphatic carbocycles. The molecule has 3 N–H and O–H groups in total. The molecule has 0 aromatic rings. The highest BCUT2D eigenvalue weighted by atomic mass is 31.2. The molecule has 0 aromatic heterocycles. The molecular formula is C75H146O17P2. The number of phosphoric ester groups is 2. The highest BCUT2D eigenvalue weighted by Crippen LogP contribution is 2.45. The Balaban J connectivity index is 5.17. The van der Waals surface area contributed by atoms with Gasteiger partial charge in [-0.05, 0) is 25.7 Å². The first-order valence-electron chi connectivity index (χ1n) is 39.3. The predicted octanol–water partition coefficient (Wildman–Crippen LogP) is 22.2. The molecule has 0 bridgehead atoms. The third-order valence-corrected chi connectivity index (χ3v) is 19.5. The largest absolute Gasteiger partial charge is 0.472 e. The van der Waals surface area contributed by atoms with Gasteiger partial charge in [-0.2, -0.15) is 0 Å². The van der Waals surface area contributed by atoms with Crippen LogP contribution >= 0.6 is 15.6 Å². The first kappa shape index (κ1) is 92.1. The van der Waals surface area contributed by atoms with Gasteiger partial charge in [-0.3, -0.25) is 37.3 Å². The second-order valence-electron chi connectivity index (χ2n) is 27.0. The monoisotopic (exact) mass is 1380 g/mol. The fourth-order valence-corrected chi connectivity index (χ4v) is 13.2. The third kappa shape index (κ3) is 68.6. The SMILES string of the molecule is CCCCCCCCCCCCCCCCCCCCCCC(=O)O[C@H](COC(=O)CCCCCCCCCCCCCCCC)COP(=O)(O)OC[C@@H](O)COP(=O)(O)OC[C@@H](COC(=O)CCCCCCCCC)OC(=O)CCCCCCCCCCCCCCC. The number of unbranched alkanes of at least 4 members (excludes halogenated alkanes) is 50. The smallest absolute Gasteiger partial charge is 0.462 e. The molecule has 0 aliphatic heterocycles. The molecule has 0 saturated carbocycles. The van der Waals surface area contributed by atoms with Gasteiger partial charge >= 0.3 is 39.5 Å². The molecule has 558 valence electrons. The minimum absolute atomic E-state index is 0.108. The lowest BCUT2D eigenvalue weighted by molar-refractivity contribution is -0.161. The summed E-state index contributed by atoms with van der Waals surface area (Å²) in [6.07, 6.45) is 59.8. The molecule has 0 spiro atoms. The average molecular weight is 1380 g/mol. The van der Waals surface area contributed by atoms with E-state index in [2.05, 4.69) is 27.7 Å². The summed E-state index contributed by atoms with van der Waals surface area (Å²) in [5, 5.41) is 10.6. The van der Waals surface area contributed by atoms with Gasteiger partial charge in [-0.1, -0.05) is 349 Å². The van der Waals surface area contributed by atoms with Crippen LogP contribution in [0.3, 0.4) is 0 Å². The first-order chi connectivity index (χ1) is 45.7. The van der Waals surface area contributed by atoms with Crippen molar-refractivity contribution >= 4 is 39.5 Å². The molecule has 0 radical (unpaired) electrons. The van der Waals surface area contributed by atoms with Crippen LogP contribution in [0.1, 0.15) is 400 Å². The number of aliphatic hydroxyl groups is 1. The topological polar surface area (TPSA) is 237 Å². The maximum atomic E-state index is 13.1. The van der Waals surface area contributed by atoms with Crippen LogP contribution in [0.15, 0.2) is 0 Å². The summed E-state index contributed by atoms with van der Waals surface area (Å²) in [5.74, 6) is -2.12. The Morgan fingerprint density at radius 3 is 0.628 bits per heavy atom. The maximum absolute atomic E-state index is 13.1. The Bertz CT molecular complexity index is 1790. The normalized spacial score (nSPS) is 13.9. The molecular weight excluding hydrogens is 1230 g/mol. The average Bonchev–Trinajstić information content (AvgIpc) is 3.58. The molecule has 0 rings (SSSR count). The van der Waals surface area contributed by atoms with E-state index in [4.69, 9.17) is 37.0 Å². The van der Waals surface area contributed by atoms with Crippen LogP contribution in [-0.4, -0.2) is 96.7 Å². The molecule has 0 aliphatic rings. The lowest BCUT2D eigenvalue weighted by atomic mass is 10.0. The summed E-state index contributed by atoms with van der Waals surface area (Å²) in [7, 11) is -9.90. The number of aliphatic hydroxyl groups excluding tert-OH is 1. The van der Waals surface area contributed by atoms with E-state index in [1.54, 1.807) is 0 Å². The third-order valence-electron chi connectivity index (χ3n) is 17.6. The van der Waals surface area contributed by atoms with Crippen molar-refractivity contribution in [2.45, 2.75) is 418 Å². The summed E-state index contributed by atoms with van der Waals surface area (Å²) in [5.41, 5.74) is 0. The van der Waals surface area contributed by atoms with Gasteiger partial charge < -0.3 is 33.8 Å². The van der Waals surface area contributed by atoms with Gasteiger partial charge in [0.1, 0.15) is 19.3 Å². The number of rotatable bonds is 76. The van der Waals surface area contributed by atoms with Crippen molar-refractivity contribution in [3.8, 4) is 0 Å².